The molecule has 9 heteroatoms. The fourth-order valence-electron chi connectivity index (χ4n) is 4.32. The molecule has 2 atom stereocenters. The van der Waals surface area contributed by atoms with Gasteiger partial charge < -0.3 is 5.32 Å². The van der Waals surface area contributed by atoms with Gasteiger partial charge in [0.05, 0.1) is 10.3 Å². The molecule has 0 spiro atoms. The van der Waals surface area contributed by atoms with Gasteiger partial charge in [-0.25, -0.2) is 13.1 Å². The maximum absolute atomic E-state index is 13.0. The zero-order valence-corrected chi connectivity index (χ0v) is 19.1. The lowest BCUT2D eigenvalue weighted by molar-refractivity contribution is 0.102. The van der Waals surface area contributed by atoms with Crippen LogP contribution in [0.5, 0.6) is 0 Å². The van der Waals surface area contributed by atoms with E-state index in [1.54, 1.807) is 40.7 Å². The maximum atomic E-state index is 13.0. The molecule has 1 aliphatic rings. The number of anilines is 1. The summed E-state index contributed by atoms with van der Waals surface area (Å²) in [6, 6.07) is 12.9. The van der Waals surface area contributed by atoms with Crippen LogP contribution in [0, 0.1) is 11.8 Å². The number of hydrogen-bond donors (Lipinski definition) is 1. The Bertz CT molecular complexity index is 1320. The molecule has 2 aromatic carbocycles. The van der Waals surface area contributed by atoms with E-state index in [2.05, 4.69) is 24.3 Å². The molecule has 4 rings (SSSR count). The summed E-state index contributed by atoms with van der Waals surface area (Å²) >= 11 is 0. The largest absolute Gasteiger partial charge is 0.321 e. The fraction of sp³-hybridized carbons (Fsp3) is 0.348. The number of carbonyl (C=O) groups excluding carboxylic acids is 1. The van der Waals surface area contributed by atoms with Gasteiger partial charge in [0.25, 0.3) is 11.5 Å². The molecule has 1 N–H and O–H groups in total. The Morgan fingerprint density at radius 2 is 1.59 bits per heavy atom. The average Bonchev–Trinajstić information content (AvgIpc) is 2.76. The summed E-state index contributed by atoms with van der Waals surface area (Å²) in [7, 11) is -2.10. The minimum atomic E-state index is -3.59. The number of amides is 1. The number of rotatable bonds is 4. The molecule has 1 aliphatic heterocycles. The standard InChI is InChI=1S/C23H26N4O4S/c1-15-12-16(2)14-27(13-15)32(30,31)18-10-8-17(9-11-18)24-22(28)21-19-6-4-5-7-20(19)23(29)26(3)25-21/h4-11,15-16H,12-14H2,1-3H3,(H,24,28)/t15-,16-/m1/s1. The maximum Gasteiger partial charge on any atom is 0.276 e. The van der Waals surface area contributed by atoms with E-state index in [0.717, 1.165) is 11.1 Å². The van der Waals surface area contributed by atoms with E-state index < -0.39 is 15.9 Å². The summed E-state index contributed by atoms with van der Waals surface area (Å²) in [5.41, 5.74) is 0.276. The third-order valence-electron chi connectivity index (χ3n) is 5.76. The van der Waals surface area contributed by atoms with E-state index in [4.69, 9.17) is 0 Å². The van der Waals surface area contributed by atoms with E-state index in [1.165, 1.54) is 19.2 Å². The first kappa shape index (κ1) is 22.2. The highest BCUT2D eigenvalue weighted by Gasteiger charge is 2.31. The third kappa shape index (κ3) is 4.18. The predicted octanol–water partition coefficient (Wildman–Crippen LogP) is 2.85. The molecule has 32 heavy (non-hydrogen) atoms. The van der Waals surface area contributed by atoms with Crippen LogP contribution in [0.2, 0.25) is 0 Å². The topological polar surface area (TPSA) is 101 Å². The Hall–Kier alpha value is -3.04. The Morgan fingerprint density at radius 3 is 2.22 bits per heavy atom. The van der Waals surface area contributed by atoms with Crippen molar-refractivity contribution in [2.45, 2.75) is 25.2 Å². The Kier molecular flexibility index (Phi) is 5.87. The second-order valence-corrected chi connectivity index (χ2v) is 10.5. The lowest BCUT2D eigenvalue weighted by atomic mass is 9.94. The number of aryl methyl sites for hydroxylation is 1. The average molecular weight is 455 g/mol. The van der Waals surface area contributed by atoms with Crippen LogP contribution in [-0.4, -0.2) is 41.5 Å². The number of sulfonamides is 1. The molecule has 1 fully saturated rings. The first-order valence-corrected chi connectivity index (χ1v) is 12.0. The van der Waals surface area contributed by atoms with Crippen molar-refractivity contribution in [3.05, 3.63) is 64.6 Å². The number of nitrogens with one attached hydrogen (secondary N) is 1. The van der Waals surface area contributed by atoms with Gasteiger partial charge in [0.1, 0.15) is 0 Å². The third-order valence-corrected chi connectivity index (χ3v) is 7.60. The Morgan fingerprint density at radius 1 is 1.00 bits per heavy atom. The number of aromatic nitrogens is 2. The van der Waals surface area contributed by atoms with E-state index in [9.17, 15) is 18.0 Å². The molecule has 3 aromatic rings. The van der Waals surface area contributed by atoms with Crippen LogP contribution in [-0.2, 0) is 17.1 Å². The molecule has 0 unspecified atom stereocenters. The number of carbonyl (C=O) groups is 1. The molecule has 8 nitrogen and oxygen atoms in total. The molecular formula is C23H26N4O4S. The zero-order chi connectivity index (χ0) is 23.0. The van der Waals surface area contributed by atoms with E-state index in [0.29, 0.717) is 41.4 Å². The van der Waals surface area contributed by atoms with Gasteiger partial charge in [0.15, 0.2) is 5.69 Å². The Labute approximate surface area is 186 Å². The summed E-state index contributed by atoms with van der Waals surface area (Å²) in [6.07, 6.45) is 1.02. The van der Waals surface area contributed by atoms with Gasteiger partial charge in [0.2, 0.25) is 10.0 Å². The van der Waals surface area contributed by atoms with E-state index >= 15 is 0 Å². The van der Waals surface area contributed by atoms with Crippen molar-refractivity contribution >= 4 is 32.4 Å². The molecule has 0 saturated carbocycles. The van der Waals surface area contributed by atoms with Crippen LogP contribution in [0.1, 0.15) is 30.8 Å². The molecular weight excluding hydrogens is 428 g/mol. The van der Waals surface area contributed by atoms with Crippen LogP contribution >= 0.6 is 0 Å². The lowest BCUT2D eigenvalue weighted by Crippen LogP contribution is -2.42. The Balaban J connectivity index is 1.57. The van der Waals surface area contributed by atoms with Gasteiger partial charge in [-0.15, -0.1) is 0 Å². The van der Waals surface area contributed by atoms with Crippen molar-refractivity contribution in [2.24, 2.45) is 18.9 Å². The van der Waals surface area contributed by atoms with Gasteiger partial charge in [-0.3, -0.25) is 9.59 Å². The number of hydrogen-bond acceptors (Lipinski definition) is 5. The SMILES string of the molecule is C[C@@H]1C[C@@H](C)CN(S(=O)(=O)c2ccc(NC(=O)c3nn(C)c(=O)c4ccccc34)cc2)C1. The van der Waals surface area contributed by atoms with Crippen molar-refractivity contribution < 1.29 is 13.2 Å². The quantitative estimate of drug-likeness (QED) is 0.653. The van der Waals surface area contributed by atoms with Crippen LogP contribution in [0.4, 0.5) is 5.69 Å². The molecule has 1 saturated heterocycles. The van der Waals surface area contributed by atoms with Gasteiger partial charge in [-0.1, -0.05) is 32.0 Å². The zero-order valence-electron chi connectivity index (χ0n) is 18.3. The smallest absolute Gasteiger partial charge is 0.276 e. The van der Waals surface area contributed by atoms with Gasteiger partial charge in [-0.2, -0.15) is 9.40 Å². The summed E-state index contributed by atoms with van der Waals surface area (Å²) in [4.78, 5) is 25.3. The minimum Gasteiger partial charge on any atom is -0.321 e. The van der Waals surface area contributed by atoms with Crippen molar-refractivity contribution in [3.8, 4) is 0 Å². The summed E-state index contributed by atoms with van der Waals surface area (Å²) in [5, 5.41) is 7.73. The monoisotopic (exact) mass is 454 g/mol. The second kappa shape index (κ2) is 8.48. The first-order chi connectivity index (χ1) is 15.2. The molecule has 1 amide bonds. The van der Waals surface area contributed by atoms with Crippen molar-refractivity contribution in [3.63, 3.8) is 0 Å². The molecule has 0 aliphatic carbocycles. The molecule has 1 aromatic heterocycles. The van der Waals surface area contributed by atoms with Crippen LogP contribution in [0.3, 0.4) is 0 Å². The van der Waals surface area contributed by atoms with Gasteiger partial charge >= 0.3 is 0 Å². The van der Waals surface area contributed by atoms with Crippen LogP contribution < -0.4 is 10.9 Å². The summed E-state index contributed by atoms with van der Waals surface area (Å²) in [5.74, 6) is 0.151. The first-order valence-electron chi connectivity index (χ1n) is 10.5. The summed E-state index contributed by atoms with van der Waals surface area (Å²) < 4.78 is 28.8. The second-order valence-electron chi connectivity index (χ2n) is 8.57. The lowest BCUT2D eigenvalue weighted by Gasteiger charge is -2.34. The fourth-order valence-corrected chi connectivity index (χ4v) is 6.00. The molecule has 0 radical (unpaired) electrons. The predicted molar refractivity (Wildman–Crippen MR) is 123 cm³/mol. The van der Waals surface area contributed by atoms with Crippen LogP contribution in [0.15, 0.2) is 58.2 Å². The summed E-state index contributed by atoms with van der Waals surface area (Å²) in [6.45, 7) is 5.15. The highest BCUT2D eigenvalue weighted by atomic mass is 32.2. The highest BCUT2D eigenvalue weighted by Crippen LogP contribution is 2.27. The van der Waals surface area contributed by atoms with E-state index in [1.807, 2.05) is 0 Å². The normalized spacial score (nSPS) is 19.7. The molecule has 0 bridgehead atoms. The van der Waals surface area contributed by atoms with Gasteiger partial charge in [-0.05, 0) is 48.6 Å². The number of nitrogens with zero attached hydrogens (tertiary/aromatic N) is 3. The van der Waals surface area contributed by atoms with Crippen LogP contribution in [0.25, 0.3) is 10.8 Å². The highest BCUT2D eigenvalue weighted by molar-refractivity contribution is 7.89. The molecule has 2 heterocycles. The minimum absolute atomic E-state index is 0.121. The van der Waals surface area contributed by atoms with Gasteiger partial charge in [0, 0.05) is 31.2 Å². The van der Waals surface area contributed by atoms with E-state index in [-0.39, 0.29) is 16.1 Å². The number of piperidine rings is 1. The number of fused-ring (bicyclic) bond motifs is 1. The number of benzene rings is 2. The van der Waals surface area contributed by atoms with Crippen molar-refractivity contribution in [1.82, 2.24) is 14.1 Å². The van der Waals surface area contributed by atoms with Crippen molar-refractivity contribution in [1.29, 1.82) is 0 Å². The molecule has 168 valence electrons. The van der Waals surface area contributed by atoms with Crippen molar-refractivity contribution in [2.75, 3.05) is 18.4 Å².